The van der Waals surface area contributed by atoms with Gasteiger partial charge in [0.05, 0.1) is 0 Å². The Bertz CT molecular complexity index is 412. The summed E-state index contributed by atoms with van der Waals surface area (Å²) in [5.74, 6) is -1.10. The number of hydrogen-bond acceptors (Lipinski definition) is 2. The van der Waals surface area contributed by atoms with Gasteiger partial charge in [0, 0.05) is 19.3 Å². The van der Waals surface area contributed by atoms with Crippen molar-refractivity contribution in [2.24, 2.45) is 0 Å². The van der Waals surface area contributed by atoms with Crippen LogP contribution in [0.25, 0.3) is 0 Å². The minimum Gasteiger partial charge on any atom is -0.480 e. The van der Waals surface area contributed by atoms with E-state index in [2.05, 4.69) is 0 Å². The molecule has 0 fully saturated rings. The first-order valence-electron chi connectivity index (χ1n) is 5.61. The van der Waals surface area contributed by atoms with Gasteiger partial charge in [0.2, 0.25) is 0 Å². The quantitative estimate of drug-likeness (QED) is 0.844. The second-order valence-electron chi connectivity index (χ2n) is 4.09. The summed E-state index contributed by atoms with van der Waals surface area (Å²) in [5.41, 5.74) is 0.412. The molecule has 94 valence electrons. The molecule has 0 saturated carbocycles. The van der Waals surface area contributed by atoms with Crippen LogP contribution in [0.2, 0.25) is 0 Å². The van der Waals surface area contributed by atoms with Crippen LogP contribution in [0, 0.1) is 0 Å². The van der Waals surface area contributed by atoms with Gasteiger partial charge in [-0.3, -0.25) is 9.59 Å². The van der Waals surface area contributed by atoms with Crippen LogP contribution in [-0.2, 0) is 11.3 Å². The lowest BCUT2D eigenvalue weighted by Gasteiger charge is -2.24. The number of aliphatic carboxylic acids is 1. The third-order valence-electron chi connectivity index (χ3n) is 2.93. The van der Waals surface area contributed by atoms with Gasteiger partial charge in [-0.25, -0.2) is 0 Å². The van der Waals surface area contributed by atoms with Gasteiger partial charge in [-0.2, -0.15) is 0 Å². The van der Waals surface area contributed by atoms with Gasteiger partial charge in [0.25, 0.3) is 5.91 Å². The van der Waals surface area contributed by atoms with E-state index in [4.69, 9.17) is 5.11 Å². The number of amides is 1. The van der Waals surface area contributed by atoms with Crippen LogP contribution in [0.15, 0.2) is 18.3 Å². The molecule has 0 aromatic carbocycles. The third-order valence-corrected chi connectivity index (χ3v) is 2.93. The lowest BCUT2D eigenvalue weighted by molar-refractivity contribution is -0.137. The predicted octanol–water partition coefficient (Wildman–Crippen LogP) is 1.44. The van der Waals surface area contributed by atoms with Crippen molar-refractivity contribution in [3.05, 3.63) is 24.0 Å². The molecule has 0 saturated heterocycles. The van der Waals surface area contributed by atoms with Gasteiger partial charge >= 0.3 is 5.97 Å². The monoisotopic (exact) mass is 238 g/mol. The van der Waals surface area contributed by atoms with Crippen LogP contribution < -0.4 is 0 Å². The summed E-state index contributed by atoms with van der Waals surface area (Å²) in [6.45, 7) is 3.77. The predicted molar refractivity (Wildman–Crippen MR) is 63.9 cm³/mol. The van der Waals surface area contributed by atoms with Crippen molar-refractivity contribution in [3.8, 4) is 0 Å². The number of carbonyl (C=O) groups excluding carboxylic acids is 1. The third kappa shape index (κ3) is 3.09. The maximum absolute atomic E-state index is 12.1. The first-order chi connectivity index (χ1) is 7.97. The summed E-state index contributed by atoms with van der Waals surface area (Å²) < 4.78 is 1.45. The molecule has 1 unspecified atom stereocenters. The first kappa shape index (κ1) is 13.3. The summed E-state index contributed by atoms with van der Waals surface area (Å²) in [6, 6.07) is 3.46. The minimum atomic E-state index is -0.957. The molecule has 17 heavy (non-hydrogen) atoms. The molecule has 0 bridgehead atoms. The fourth-order valence-electron chi connectivity index (χ4n) is 1.55. The highest BCUT2D eigenvalue weighted by atomic mass is 16.4. The second kappa shape index (κ2) is 5.52. The molecule has 1 heterocycles. The number of nitrogens with zero attached hydrogens (tertiary/aromatic N) is 2. The van der Waals surface area contributed by atoms with Gasteiger partial charge in [0.15, 0.2) is 0 Å². The molecule has 1 atom stereocenters. The van der Waals surface area contributed by atoms with Gasteiger partial charge < -0.3 is 14.6 Å². The van der Waals surface area contributed by atoms with Gasteiger partial charge in [-0.15, -0.1) is 0 Å². The Balaban J connectivity index is 2.89. The standard InChI is InChI=1S/C12H18N2O3/c1-4-9(2)13(3)12(17)10-6-5-7-14(10)8-11(15)16/h5-7,9H,4,8H2,1-3H3,(H,15,16). The smallest absolute Gasteiger partial charge is 0.323 e. The van der Waals surface area contributed by atoms with Crippen LogP contribution >= 0.6 is 0 Å². The summed E-state index contributed by atoms with van der Waals surface area (Å²) in [4.78, 5) is 24.4. The largest absolute Gasteiger partial charge is 0.480 e. The Hall–Kier alpha value is -1.78. The average Bonchev–Trinajstić information content (AvgIpc) is 2.73. The molecule has 0 aliphatic heterocycles. The zero-order valence-corrected chi connectivity index (χ0v) is 10.4. The molecule has 1 aromatic rings. The van der Waals surface area contributed by atoms with E-state index in [1.807, 2.05) is 13.8 Å². The molecule has 5 nitrogen and oxygen atoms in total. The van der Waals surface area contributed by atoms with E-state index in [-0.39, 0.29) is 18.5 Å². The average molecular weight is 238 g/mol. The van der Waals surface area contributed by atoms with Crippen LogP contribution in [0.4, 0.5) is 0 Å². The van der Waals surface area contributed by atoms with Crippen molar-refractivity contribution < 1.29 is 14.7 Å². The van der Waals surface area contributed by atoms with E-state index in [0.717, 1.165) is 6.42 Å². The summed E-state index contributed by atoms with van der Waals surface area (Å²) in [7, 11) is 1.73. The van der Waals surface area contributed by atoms with Crippen molar-refractivity contribution in [2.45, 2.75) is 32.9 Å². The van der Waals surface area contributed by atoms with E-state index >= 15 is 0 Å². The first-order valence-corrected chi connectivity index (χ1v) is 5.61. The van der Waals surface area contributed by atoms with Crippen molar-refractivity contribution in [1.82, 2.24) is 9.47 Å². The van der Waals surface area contributed by atoms with E-state index in [9.17, 15) is 9.59 Å². The molecule has 0 radical (unpaired) electrons. The molecule has 1 aromatic heterocycles. The number of hydrogen-bond donors (Lipinski definition) is 1. The maximum atomic E-state index is 12.1. The lowest BCUT2D eigenvalue weighted by atomic mass is 10.2. The number of carboxylic acids is 1. The van der Waals surface area contributed by atoms with Crippen LogP contribution in [0.1, 0.15) is 30.8 Å². The molecule has 1 rings (SSSR count). The Labute approximate surface area is 101 Å². The molecular formula is C12H18N2O3. The highest BCUT2D eigenvalue weighted by Gasteiger charge is 2.19. The maximum Gasteiger partial charge on any atom is 0.323 e. The Morgan fingerprint density at radius 1 is 1.53 bits per heavy atom. The normalized spacial score (nSPS) is 12.2. The molecule has 5 heteroatoms. The van der Waals surface area contributed by atoms with Crippen LogP contribution in [0.3, 0.4) is 0 Å². The number of carboxylic acid groups (broad SMARTS) is 1. The molecule has 0 aliphatic carbocycles. The topological polar surface area (TPSA) is 62.5 Å². The van der Waals surface area contributed by atoms with Crippen molar-refractivity contribution in [2.75, 3.05) is 7.05 Å². The van der Waals surface area contributed by atoms with Gasteiger partial charge in [0.1, 0.15) is 12.2 Å². The summed E-state index contributed by atoms with van der Waals surface area (Å²) >= 11 is 0. The van der Waals surface area contributed by atoms with E-state index in [1.165, 1.54) is 4.57 Å². The minimum absolute atomic E-state index is 0.135. The zero-order valence-electron chi connectivity index (χ0n) is 10.4. The molecule has 0 aliphatic rings. The SMILES string of the molecule is CCC(C)N(C)C(=O)c1cccn1CC(=O)O. The molecule has 1 N–H and O–H groups in total. The number of rotatable bonds is 5. The Morgan fingerprint density at radius 3 is 2.71 bits per heavy atom. The Morgan fingerprint density at radius 2 is 2.18 bits per heavy atom. The van der Waals surface area contributed by atoms with E-state index in [0.29, 0.717) is 5.69 Å². The highest BCUT2D eigenvalue weighted by molar-refractivity contribution is 5.93. The van der Waals surface area contributed by atoms with Crippen LogP contribution in [0.5, 0.6) is 0 Å². The Kier molecular flexibility index (Phi) is 4.31. The fourth-order valence-corrected chi connectivity index (χ4v) is 1.55. The van der Waals surface area contributed by atoms with Gasteiger partial charge in [-0.1, -0.05) is 6.92 Å². The van der Waals surface area contributed by atoms with Crippen LogP contribution in [-0.4, -0.2) is 39.5 Å². The second-order valence-corrected chi connectivity index (χ2v) is 4.09. The van der Waals surface area contributed by atoms with Crippen molar-refractivity contribution >= 4 is 11.9 Å². The van der Waals surface area contributed by atoms with Crippen molar-refractivity contribution in [3.63, 3.8) is 0 Å². The zero-order chi connectivity index (χ0) is 13.0. The van der Waals surface area contributed by atoms with E-state index < -0.39 is 5.97 Å². The molecule has 1 amide bonds. The van der Waals surface area contributed by atoms with Gasteiger partial charge in [-0.05, 0) is 25.5 Å². The lowest BCUT2D eigenvalue weighted by Crippen LogP contribution is -2.36. The number of carbonyl (C=O) groups is 2. The summed E-state index contributed by atoms with van der Waals surface area (Å²) in [5, 5.41) is 8.74. The van der Waals surface area contributed by atoms with Crippen molar-refractivity contribution in [1.29, 1.82) is 0 Å². The molecular weight excluding hydrogens is 220 g/mol. The molecule has 0 spiro atoms. The summed E-state index contributed by atoms with van der Waals surface area (Å²) in [6.07, 6.45) is 2.47. The number of aromatic nitrogens is 1. The fraction of sp³-hybridized carbons (Fsp3) is 0.500. The highest BCUT2D eigenvalue weighted by Crippen LogP contribution is 2.09. The van der Waals surface area contributed by atoms with E-state index in [1.54, 1.807) is 30.3 Å².